The van der Waals surface area contributed by atoms with E-state index in [1.54, 1.807) is 5.38 Å². The summed E-state index contributed by atoms with van der Waals surface area (Å²) in [4.78, 5) is 14.5. The van der Waals surface area contributed by atoms with Crippen LogP contribution < -0.4 is 5.32 Å². The van der Waals surface area contributed by atoms with Crippen LogP contribution in [-0.4, -0.2) is 34.1 Å². The van der Waals surface area contributed by atoms with E-state index in [2.05, 4.69) is 23.5 Å². The fourth-order valence-electron chi connectivity index (χ4n) is 0.953. The molecule has 1 rings (SSSR count). The van der Waals surface area contributed by atoms with E-state index >= 15 is 0 Å². The zero-order valence-electron chi connectivity index (χ0n) is 8.69. The molecule has 15 heavy (non-hydrogen) atoms. The zero-order chi connectivity index (χ0) is 11.3. The van der Waals surface area contributed by atoms with Crippen molar-refractivity contribution < 1.29 is 9.90 Å². The van der Waals surface area contributed by atoms with Crippen LogP contribution in [0.3, 0.4) is 0 Å². The van der Waals surface area contributed by atoms with Crippen LogP contribution in [0.1, 0.15) is 23.8 Å². The lowest BCUT2D eigenvalue weighted by Crippen LogP contribution is -2.07. The molecule has 1 aromatic heterocycles. The smallest absolute Gasteiger partial charge is 0.355 e. The fraction of sp³-hybridized carbons (Fsp3) is 0.556. The Balaban J connectivity index is 2.35. The molecule has 0 aliphatic heterocycles. The van der Waals surface area contributed by atoms with Crippen molar-refractivity contribution in [2.24, 2.45) is 0 Å². The third-order valence-corrected chi connectivity index (χ3v) is 3.79. The summed E-state index contributed by atoms with van der Waals surface area (Å²) in [7, 11) is 0. The number of carboxylic acids is 1. The molecule has 0 fully saturated rings. The summed E-state index contributed by atoms with van der Waals surface area (Å²) in [5.74, 6) is -0.975. The third-order valence-electron chi connectivity index (χ3n) is 1.95. The minimum atomic E-state index is -0.975. The van der Waals surface area contributed by atoms with E-state index in [1.807, 2.05) is 11.8 Å². The SMILES string of the molecule is CSC(C)CCNc1nc(C(=O)O)cs1. The van der Waals surface area contributed by atoms with Gasteiger partial charge in [0.1, 0.15) is 0 Å². The van der Waals surface area contributed by atoms with Crippen LogP contribution in [0.15, 0.2) is 5.38 Å². The lowest BCUT2D eigenvalue weighted by Gasteiger charge is -2.07. The number of anilines is 1. The minimum absolute atomic E-state index is 0.111. The van der Waals surface area contributed by atoms with Gasteiger partial charge in [-0.2, -0.15) is 11.8 Å². The van der Waals surface area contributed by atoms with E-state index in [9.17, 15) is 4.79 Å². The molecule has 0 spiro atoms. The first-order chi connectivity index (χ1) is 7.13. The summed E-state index contributed by atoms with van der Waals surface area (Å²) in [5, 5.41) is 14.6. The summed E-state index contributed by atoms with van der Waals surface area (Å²) in [6.07, 6.45) is 3.12. The summed E-state index contributed by atoms with van der Waals surface area (Å²) in [6, 6.07) is 0. The van der Waals surface area contributed by atoms with Crippen molar-refractivity contribution in [3.8, 4) is 0 Å². The molecule has 0 amide bonds. The molecule has 1 heterocycles. The minimum Gasteiger partial charge on any atom is -0.476 e. The Morgan fingerprint density at radius 1 is 1.80 bits per heavy atom. The van der Waals surface area contributed by atoms with Gasteiger partial charge < -0.3 is 10.4 Å². The van der Waals surface area contributed by atoms with Gasteiger partial charge in [0.2, 0.25) is 0 Å². The molecular weight excluding hydrogens is 232 g/mol. The summed E-state index contributed by atoms with van der Waals surface area (Å²) >= 11 is 3.15. The highest BCUT2D eigenvalue weighted by molar-refractivity contribution is 7.99. The van der Waals surface area contributed by atoms with E-state index in [1.165, 1.54) is 11.3 Å². The highest BCUT2D eigenvalue weighted by Gasteiger charge is 2.08. The largest absolute Gasteiger partial charge is 0.476 e. The van der Waals surface area contributed by atoms with Crippen molar-refractivity contribution in [1.82, 2.24) is 4.98 Å². The van der Waals surface area contributed by atoms with Crippen molar-refractivity contribution in [3.05, 3.63) is 11.1 Å². The number of nitrogens with one attached hydrogen (secondary N) is 1. The molecule has 6 heteroatoms. The van der Waals surface area contributed by atoms with Gasteiger partial charge in [0, 0.05) is 17.2 Å². The Hall–Kier alpha value is -0.750. The summed E-state index contributed by atoms with van der Waals surface area (Å²) in [6.45, 7) is 2.99. The molecule has 0 aromatic carbocycles. The molecule has 0 aliphatic carbocycles. The van der Waals surface area contributed by atoms with Crippen molar-refractivity contribution in [3.63, 3.8) is 0 Å². The number of rotatable bonds is 6. The van der Waals surface area contributed by atoms with Crippen LogP contribution in [0.4, 0.5) is 5.13 Å². The maximum absolute atomic E-state index is 10.6. The zero-order valence-corrected chi connectivity index (χ0v) is 10.3. The molecule has 0 saturated carbocycles. The normalized spacial score (nSPS) is 12.4. The number of carboxylic acid groups (broad SMARTS) is 1. The third kappa shape index (κ3) is 4.09. The Bertz CT molecular complexity index is 328. The Morgan fingerprint density at radius 2 is 2.53 bits per heavy atom. The number of carbonyl (C=O) groups is 1. The monoisotopic (exact) mass is 246 g/mol. The van der Waals surface area contributed by atoms with Gasteiger partial charge in [-0.15, -0.1) is 11.3 Å². The molecule has 0 radical (unpaired) electrons. The highest BCUT2D eigenvalue weighted by atomic mass is 32.2. The molecule has 4 nitrogen and oxygen atoms in total. The lowest BCUT2D eigenvalue weighted by molar-refractivity contribution is 0.0691. The van der Waals surface area contributed by atoms with E-state index < -0.39 is 5.97 Å². The van der Waals surface area contributed by atoms with Gasteiger partial charge in [-0.25, -0.2) is 9.78 Å². The first-order valence-corrected chi connectivity index (χ1v) is 6.75. The molecule has 1 aromatic rings. The van der Waals surface area contributed by atoms with E-state index in [0.717, 1.165) is 13.0 Å². The van der Waals surface area contributed by atoms with Crippen molar-refractivity contribution in [1.29, 1.82) is 0 Å². The van der Waals surface area contributed by atoms with Crippen LogP contribution in [0.2, 0.25) is 0 Å². The molecule has 0 bridgehead atoms. The number of aromatic carboxylic acids is 1. The number of thioether (sulfide) groups is 1. The Morgan fingerprint density at radius 3 is 3.07 bits per heavy atom. The number of thiazole rings is 1. The number of hydrogen-bond donors (Lipinski definition) is 2. The molecular formula is C9H14N2O2S2. The van der Waals surface area contributed by atoms with Crippen LogP contribution in [0.5, 0.6) is 0 Å². The van der Waals surface area contributed by atoms with Crippen LogP contribution in [0, 0.1) is 0 Å². The first kappa shape index (κ1) is 12.3. The maximum atomic E-state index is 10.6. The predicted molar refractivity (Wildman–Crippen MR) is 65.2 cm³/mol. The average Bonchev–Trinajstić information content (AvgIpc) is 2.66. The van der Waals surface area contributed by atoms with Crippen molar-refractivity contribution >= 4 is 34.2 Å². The summed E-state index contributed by atoms with van der Waals surface area (Å²) < 4.78 is 0. The van der Waals surface area contributed by atoms with Crippen LogP contribution in [-0.2, 0) is 0 Å². The van der Waals surface area contributed by atoms with Gasteiger partial charge in [-0.3, -0.25) is 0 Å². The molecule has 1 atom stereocenters. The standard InChI is InChI=1S/C9H14N2O2S2/c1-6(14-2)3-4-10-9-11-7(5-15-9)8(12)13/h5-6H,3-4H2,1-2H3,(H,10,11)(H,12,13). The van der Waals surface area contributed by atoms with E-state index in [-0.39, 0.29) is 5.69 Å². The Labute approximate surface area is 97.1 Å². The number of nitrogens with zero attached hydrogens (tertiary/aromatic N) is 1. The molecule has 1 unspecified atom stereocenters. The average molecular weight is 246 g/mol. The van der Waals surface area contributed by atoms with Gasteiger partial charge in [0.05, 0.1) is 0 Å². The van der Waals surface area contributed by atoms with Gasteiger partial charge in [-0.1, -0.05) is 6.92 Å². The summed E-state index contributed by atoms with van der Waals surface area (Å²) in [5.41, 5.74) is 0.111. The van der Waals surface area contributed by atoms with E-state index in [4.69, 9.17) is 5.11 Å². The first-order valence-electron chi connectivity index (χ1n) is 4.59. The maximum Gasteiger partial charge on any atom is 0.355 e. The second-order valence-corrected chi connectivity index (χ2v) is 5.24. The van der Waals surface area contributed by atoms with Crippen LogP contribution >= 0.6 is 23.1 Å². The number of hydrogen-bond acceptors (Lipinski definition) is 5. The molecule has 0 aliphatic rings. The molecule has 2 N–H and O–H groups in total. The van der Waals surface area contributed by atoms with Gasteiger partial charge in [0.25, 0.3) is 0 Å². The number of aromatic nitrogens is 1. The topological polar surface area (TPSA) is 62.2 Å². The van der Waals surface area contributed by atoms with Crippen LogP contribution in [0.25, 0.3) is 0 Å². The lowest BCUT2D eigenvalue weighted by atomic mass is 10.3. The van der Waals surface area contributed by atoms with Crippen molar-refractivity contribution in [2.45, 2.75) is 18.6 Å². The fourth-order valence-corrected chi connectivity index (χ4v) is 2.02. The van der Waals surface area contributed by atoms with Crippen molar-refractivity contribution in [2.75, 3.05) is 18.1 Å². The predicted octanol–water partition coefficient (Wildman–Crippen LogP) is 2.39. The second kappa shape index (κ2) is 5.97. The second-order valence-electron chi connectivity index (χ2n) is 3.10. The van der Waals surface area contributed by atoms with E-state index in [0.29, 0.717) is 10.4 Å². The molecule has 0 saturated heterocycles. The highest BCUT2D eigenvalue weighted by Crippen LogP contribution is 2.16. The molecule has 84 valence electrons. The Kier molecular flexibility index (Phi) is 4.90. The van der Waals surface area contributed by atoms with Gasteiger partial charge in [0.15, 0.2) is 10.8 Å². The van der Waals surface area contributed by atoms with Gasteiger partial charge >= 0.3 is 5.97 Å². The quantitative estimate of drug-likeness (QED) is 0.807. The van der Waals surface area contributed by atoms with Gasteiger partial charge in [-0.05, 0) is 12.7 Å².